The topological polar surface area (TPSA) is 186 Å². The molecule has 7 atom stereocenters. The average Bonchev–Trinajstić information content (AvgIpc) is 4.08. The van der Waals surface area contributed by atoms with Crippen LogP contribution in [0.5, 0.6) is 11.6 Å². The monoisotopic (exact) mass is 870 g/mol. The van der Waals surface area contributed by atoms with Gasteiger partial charge in [0.25, 0.3) is 5.91 Å². The molecule has 0 spiro atoms. The van der Waals surface area contributed by atoms with Gasteiger partial charge in [0, 0.05) is 40.0 Å². The third kappa shape index (κ3) is 9.10. The van der Waals surface area contributed by atoms with Crippen molar-refractivity contribution < 1.29 is 63.2 Å². The number of ether oxygens (including phenoxy) is 3. The largest absolute Gasteiger partial charge is 0.497 e. The third-order valence-corrected chi connectivity index (χ3v) is 14.1. The van der Waals surface area contributed by atoms with E-state index >= 15 is 4.79 Å². The molecule has 4 aliphatic rings. The van der Waals surface area contributed by atoms with Crippen LogP contribution in [0, 0.1) is 17.8 Å². The molecule has 2 aliphatic heterocycles. The van der Waals surface area contributed by atoms with Gasteiger partial charge in [-0.2, -0.15) is 18.2 Å². The number of hydrogen-bond acceptors (Lipinski definition) is 11. The Labute approximate surface area is 356 Å². The maximum Gasteiger partial charge on any atom is 0.427 e. The van der Waals surface area contributed by atoms with Crippen molar-refractivity contribution in [2.24, 2.45) is 17.8 Å². The van der Waals surface area contributed by atoms with Gasteiger partial charge in [0.1, 0.15) is 35.3 Å². The molecule has 2 saturated carbocycles. The minimum Gasteiger partial charge on any atom is -0.497 e. The Hall–Kier alpha value is -4.81. The van der Waals surface area contributed by atoms with Crippen LogP contribution in [0.2, 0.25) is 0 Å². The lowest BCUT2D eigenvalue weighted by atomic mass is 9.88. The first kappa shape index (κ1) is 37.0. The van der Waals surface area contributed by atoms with Gasteiger partial charge < -0.3 is 34.6 Å². The van der Waals surface area contributed by atoms with Crippen LogP contribution in [0.1, 0.15) is 87.6 Å². The number of alkyl carbamates (subject to hydrolysis) is 1. The van der Waals surface area contributed by atoms with E-state index in [0.29, 0.717) is 48.0 Å². The lowest BCUT2D eigenvalue weighted by molar-refractivity contribution is -0.244. The highest BCUT2D eigenvalue weighted by Crippen LogP contribution is 2.48. The zero-order valence-corrected chi connectivity index (χ0v) is 35.0. The summed E-state index contributed by atoms with van der Waals surface area (Å²) in [5.41, 5.74) is -6.79. The van der Waals surface area contributed by atoms with Crippen molar-refractivity contribution >= 4 is 50.4 Å². The lowest BCUT2D eigenvalue weighted by Gasteiger charge is -2.34. The fourth-order valence-electron chi connectivity index (χ4n) is 7.74. The molecule has 1 aromatic carbocycles. The summed E-state index contributed by atoms with van der Waals surface area (Å²) in [6.45, 7) is -4.57. The number of nitrogens with one attached hydrogen (secondary N) is 3. The zero-order valence-electron chi connectivity index (χ0n) is 40.1. The number of aromatic nitrogens is 1. The Morgan fingerprint density at radius 1 is 1.12 bits per heavy atom. The minimum atomic E-state index is -6.16. The molecular formula is C41H55F3N6O9S. The van der Waals surface area contributed by atoms with Gasteiger partial charge in [-0.15, -0.1) is 0 Å². The number of carbonyl (C=O) groups excluding carboxylic acids is 4. The second kappa shape index (κ2) is 16.2. The first-order chi connectivity index (χ1) is 30.4. The number of sulfonamides is 1. The maximum atomic E-state index is 15.0. The van der Waals surface area contributed by atoms with Crippen LogP contribution in [0.15, 0.2) is 36.4 Å². The second-order valence-electron chi connectivity index (χ2n) is 16.9. The van der Waals surface area contributed by atoms with E-state index in [-0.39, 0.29) is 31.1 Å². The van der Waals surface area contributed by atoms with Crippen LogP contribution >= 0.6 is 0 Å². The van der Waals surface area contributed by atoms with Gasteiger partial charge in [0.15, 0.2) is 0 Å². The number of nitrogens with zero attached hydrogens (tertiary/aromatic N) is 3. The minimum absolute atomic E-state index is 0.00114. The highest BCUT2D eigenvalue weighted by atomic mass is 32.2. The van der Waals surface area contributed by atoms with Crippen LogP contribution < -0.4 is 29.7 Å². The summed E-state index contributed by atoms with van der Waals surface area (Å²) in [6.07, 6.45) is -4.59. The zero-order chi connectivity index (χ0) is 49.2. The molecule has 0 unspecified atom stereocenters. The highest BCUT2D eigenvalue weighted by Gasteiger charge is 2.63. The van der Waals surface area contributed by atoms with Crippen LogP contribution in [0.4, 0.5) is 23.8 Å². The molecule has 19 heteroatoms. The quantitative estimate of drug-likeness (QED) is 0.289. The fraction of sp³-hybridized carbons (Fsp3) is 0.634. The van der Waals surface area contributed by atoms with Crippen molar-refractivity contribution in [3.05, 3.63) is 36.4 Å². The van der Waals surface area contributed by atoms with Gasteiger partial charge in [-0.05, 0) is 101 Å². The molecule has 3 fully saturated rings. The number of halogens is 3. The molecule has 3 heterocycles. The summed E-state index contributed by atoms with van der Waals surface area (Å²) in [7, 11) is 0.798. The van der Waals surface area contributed by atoms with E-state index in [9.17, 15) is 36.0 Å². The number of allylic oxidation sites excluding steroid dienone is 1. The lowest BCUT2D eigenvalue weighted by Crippen LogP contribution is -2.59. The summed E-state index contributed by atoms with van der Waals surface area (Å²) >= 11 is 0. The van der Waals surface area contributed by atoms with Gasteiger partial charge in [0.2, 0.25) is 33.3 Å². The molecule has 15 nitrogen and oxygen atoms in total. The molecule has 2 aromatic rings. The standard InChI is InChI=1S/C41H55F3N6O9S/c1-23-11-9-10-12-26-21-40(26,36(53)48-60(55,56)39(5)15-16-39)47-33(51)30-20-28(58-34-29-14-13-27(57-8)18-25(29)19-31(45-34)49(6)7)22-50(30)35(52)32(24(2)17-23)46-37(54)59-38(3,4)41(42,43)44/h10,12-14,18-19,23-24,26,28,30,32H,9,11,15-17,20-22H2,1-8H3,(H,46,54)(H,47,51)(H,48,53)/b12-10-/t23-,24-,26-,28-,30+,32+,40-/m1/s1/i3D3,4D3. The predicted molar refractivity (Wildman–Crippen MR) is 216 cm³/mol. The number of pyridine rings is 1. The summed E-state index contributed by atoms with van der Waals surface area (Å²) < 4.78 is 133. The Bertz CT molecular complexity index is 2350. The molecule has 0 bridgehead atoms. The van der Waals surface area contributed by atoms with Crippen molar-refractivity contribution in [3.63, 3.8) is 0 Å². The van der Waals surface area contributed by atoms with Gasteiger partial charge in [0.05, 0.1) is 18.4 Å². The number of anilines is 1. The van der Waals surface area contributed by atoms with Crippen LogP contribution in [-0.4, -0.2) is 110 Å². The van der Waals surface area contributed by atoms with Gasteiger partial charge in [-0.3, -0.25) is 19.1 Å². The number of alkyl halides is 3. The van der Waals surface area contributed by atoms with Crippen LogP contribution in [-0.2, 0) is 29.1 Å². The van der Waals surface area contributed by atoms with Gasteiger partial charge in [-0.25, -0.2) is 13.2 Å². The third-order valence-electron chi connectivity index (χ3n) is 11.9. The molecule has 4 amide bonds. The van der Waals surface area contributed by atoms with Crippen molar-refractivity contribution in [1.82, 2.24) is 25.2 Å². The number of rotatable bonds is 9. The molecule has 6 rings (SSSR count). The predicted octanol–water partition coefficient (Wildman–Crippen LogP) is 4.98. The Morgan fingerprint density at radius 3 is 2.47 bits per heavy atom. The maximum absolute atomic E-state index is 15.0. The molecule has 60 heavy (non-hydrogen) atoms. The van der Waals surface area contributed by atoms with Crippen molar-refractivity contribution in [2.45, 2.75) is 120 Å². The number of hydrogen-bond donors (Lipinski definition) is 3. The van der Waals surface area contributed by atoms with E-state index in [0.717, 1.165) is 4.90 Å². The van der Waals surface area contributed by atoms with E-state index in [4.69, 9.17) is 17.7 Å². The number of methoxy groups -OCH3 is 1. The highest BCUT2D eigenvalue weighted by molar-refractivity contribution is 7.91. The summed E-state index contributed by atoms with van der Waals surface area (Å²) in [6, 6.07) is 3.49. The molecular weight excluding hydrogens is 810 g/mol. The van der Waals surface area contributed by atoms with E-state index in [1.165, 1.54) is 21.0 Å². The van der Waals surface area contributed by atoms with E-state index in [1.54, 1.807) is 62.3 Å². The summed E-state index contributed by atoms with van der Waals surface area (Å²) in [5, 5.41) is 5.91. The molecule has 330 valence electrons. The molecule has 0 radical (unpaired) electrons. The van der Waals surface area contributed by atoms with Crippen molar-refractivity contribution in [3.8, 4) is 11.6 Å². The van der Waals surface area contributed by atoms with E-state index in [2.05, 4.69) is 19.8 Å². The number of benzene rings is 1. The normalized spacial score (nSPS) is 30.7. The number of carbonyl (C=O) groups is 4. The first-order valence-corrected chi connectivity index (χ1v) is 21.1. The van der Waals surface area contributed by atoms with Crippen molar-refractivity contribution in [2.75, 3.05) is 32.6 Å². The Morgan fingerprint density at radius 2 is 1.83 bits per heavy atom. The number of fused-ring (bicyclic) bond motifs is 3. The number of amides is 4. The van der Waals surface area contributed by atoms with E-state index in [1.807, 2.05) is 5.32 Å². The summed E-state index contributed by atoms with van der Waals surface area (Å²) in [5.74, 6) is -3.78. The molecule has 1 saturated heterocycles. The van der Waals surface area contributed by atoms with E-state index < -0.39 is 106 Å². The Balaban J connectivity index is 1.42. The first-order valence-electron chi connectivity index (χ1n) is 22.7. The van der Waals surface area contributed by atoms with Crippen LogP contribution in [0.25, 0.3) is 10.8 Å². The van der Waals surface area contributed by atoms with Gasteiger partial charge >= 0.3 is 12.3 Å². The molecule has 3 N–H and O–H groups in total. The summed E-state index contributed by atoms with van der Waals surface area (Å²) in [4.78, 5) is 64.7. The molecule has 2 aliphatic carbocycles. The SMILES string of the molecule is [2H]C([2H])([2H])C(OC(=O)N[C@@H]1C(=O)N2C[C@H](Oc3nc(N(C)C)cc4cc(OC)ccc34)C[C@H]2C(=O)N[C@]2(C(=O)NS(=O)(=O)C3(C)CC3)C[C@H]2/C=C\CC[C@@H](C)C[C@H]1C)(C([2H])([2H])[2H])C(F)(F)F. The Kier molecular flexibility index (Phi) is 10.0. The smallest absolute Gasteiger partial charge is 0.427 e. The van der Waals surface area contributed by atoms with Crippen molar-refractivity contribution in [1.29, 1.82) is 0 Å². The fourth-order valence-corrected chi connectivity index (χ4v) is 9.06. The van der Waals surface area contributed by atoms with Crippen LogP contribution in [0.3, 0.4) is 0 Å². The second-order valence-corrected chi connectivity index (χ2v) is 19.1. The average molecular weight is 871 g/mol. The van der Waals surface area contributed by atoms with Gasteiger partial charge in [-0.1, -0.05) is 26.0 Å². The molecule has 1 aromatic heterocycles.